The molecule has 19 heavy (non-hydrogen) atoms. The van der Waals surface area contributed by atoms with Crippen LogP contribution in [0, 0.1) is 16.0 Å². The Kier molecular flexibility index (Phi) is 6.80. The molecule has 1 rings (SSSR count). The first-order valence-corrected chi connectivity index (χ1v) is 7.20. The lowest BCUT2D eigenvalue weighted by Crippen LogP contribution is -2.10. The van der Waals surface area contributed by atoms with Crippen LogP contribution < -0.4 is 4.74 Å². The number of ether oxygens (including phenoxy) is 2. The van der Waals surface area contributed by atoms with Gasteiger partial charge in [-0.15, -0.1) is 0 Å². The second kappa shape index (κ2) is 8.12. The summed E-state index contributed by atoms with van der Waals surface area (Å²) in [5, 5.41) is 11.5. The summed E-state index contributed by atoms with van der Waals surface area (Å²) in [6.45, 7) is 5.51. The zero-order valence-corrected chi connectivity index (χ0v) is 12.7. The van der Waals surface area contributed by atoms with E-state index in [1.165, 1.54) is 6.07 Å². The van der Waals surface area contributed by atoms with Crippen LogP contribution in [0.1, 0.15) is 19.4 Å². The first-order chi connectivity index (χ1) is 9.04. The van der Waals surface area contributed by atoms with Crippen molar-refractivity contribution >= 4 is 21.6 Å². The highest BCUT2D eigenvalue weighted by Crippen LogP contribution is 2.28. The lowest BCUT2D eigenvalue weighted by molar-refractivity contribution is -0.385. The number of nitrogens with zero attached hydrogens (tertiary/aromatic N) is 1. The second-order valence-electron chi connectivity index (χ2n) is 4.51. The maximum absolute atomic E-state index is 10.9. The van der Waals surface area contributed by atoms with Crippen LogP contribution in [-0.2, 0) is 10.1 Å². The minimum absolute atomic E-state index is 0.0131. The molecule has 5 nitrogen and oxygen atoms in total. The Hall–Kier alpha value is -1.14. The van der Waals surface area contributed by atoms with Gasteiger partial charge in [0.1, 0.15) is 6.61 Å². The van der Waals surface area contributed by atoms with Crippen molar-refractivity contribution in [2.24, 2.45) is 5.92 Å². The Balaban J connectivity index is 2.55. The number of hydrogen-bond donors (Lipinski definition) is 0. The highest BCUT2D eigenvalue weighted by Gasteiger charge is 2.15. The molecule has 0 aliphatic rings. The summed E-state index contributed by atoms with van der Waals surface area (Å²) in [7, 11) is 0. The van der Waals surface area contributed by atoms with Crippen molar-refractivity contribution < 1.29 is 14.4 Å². The first-order valence-electron chi connectivity index (χ1n) is 6.08. The summed E-state index contributed by atoms with van der Waals surface area (Å²) in [4.78, 5) is 10.5. The zero-order chi connectivity index (χ0) is 14.3. The van der Waals surface area contributed by atoms with E-state index < -0.39 is 4.92 Å². The van der Waals surface area contributed by atoms with Crippen LogP contribution >= 0.6 is 15.9 Å². The third kappa shape index (κ3) is 5.57. The summed E-state index contributed by atoms with van der Waals surface area (Å²) in [5.41, 5.74) is 0.830. The van der Waals surface area contributed by atoms with Crippen molar-refractivity contribution in [2.45, 2.75) is 19.2 Å². The van der Waals surface area contributed by atoms with Gasteiger partial charge in [-0.25, -0.2) is 0 Å². The maximum atomic E-state index is 10.9. The van der Waals surface area contributed by atoms with Crippen LogP contribution in [0.3, 0.4) is 0 Å². The van der Waals surface area contributed by atoms with Gasteiger partial charge in [-0.1, -0.05) is 35.8 Å². The molecule has 0 amide bonds. The molecule has 0 saturated heterocycles. The zero-order valence-electron chi connectivity index (χ0n) is 11.1. The molecule has 6 heteroatoms. The Bertz CT molecular complexity index is 423. The smallest absolute Gasteiger partial charge is 0.311 e. The maximum Gasteiger partial charge on any atom is 0.311 e. The number of alkyl halides is 1. The molecule has 1 aromatic carbocycles. The van der Waals surface area contributed by atoms with Crippen LogP contribution in [0.15, 0.2) is 18.2 Å². The van der Waals surface area contributed by atoms with Gasteiger partial charge in [0.2, 0.25) is 0 Å². The molecule has 0 N–H and O–H groups in total. The lowest BCUT2D eigenvalue weighted by atomic mass is 10.2. The molecule has 0 unspecified atom stereocenters. The SMILES string of the molecule is CC(C)COCCOc1ccc(CBr)cc1[N+](=O)[O-]. The molecule has 0 saturated carbocycles. The van der Waals surface area contributed by atoms with E-state index in [0.29, 0.717) is 31.1 Å². The van der Waals surface area contributed by atoms with Crippen molar-refractivity contribution in [2.75, 3.05) is 19.8 Å². The van der Waals surface area contributed by atoms with Gasteiger partial charge in [0.15, 0.2) is 5.75 Å². The average Bonchev–Trinajstić information content (AvgIpc) is 2.38. The summed E-state index contributed by atoms with van der Waals surface area (Å²) < 4.78 is 10.8. The minimum atomic E-state index is -0.434. The quantitative estimate of drug-likeness (QED) is 0.316. The van der Waals surface area contributed by atoms with Crippen LogP contribution in [-0.4, -0.2) is 24.7 Å². The minimum Gasteiger partial charge on any atom is -0.484 e. The molecular weight excluding hydrogens is 314 g/mol. The van der Waals surface area contributed by atoms with Crippen LogP contribution in [0.5, 0.6) is 5.75 Å². The largest absolute Gasteiger partial charge is 0.484 e. The molecule has 0 aromatic heterocycles. The number of rotatable bonds is 8. The van der Waals surface area contributed by atoms with Gasteiger partial charge in [-0.3, -0.25) is 10.1 Å². The van der Waals surface area contributed by atoms with E-state index in [0.717, 1.165) is 5.56 Å². The van der Waals surface area contributed by atoms with Gasteiger partial charge < -0.3 is 9.47 Å². The molecule has 0 aliphatic carbocycles. The molecule has 0 heterocycles. The van der Waals surface area contributed by atoms with E-state index in [-0.39, 0.29) is 11.4 Å². The Morgan fingerprint density at radius 3 is 2.68 bits per heavy atom. The molecular formula is C13H18BrNO4. The molecule has 0 bridgehead atoms. The van der Waals surface area contributed by atoms with E-state index in [4.69, 9.17) is 9.47 Å². The third-order valence-electron chi connectivity index (χ3n) is 2.31. The predicted octanol–water partition coefficient (Wildman–Crippen LogP) is 3.54. The van der Waals surface area contributed by atoms with Crippen molar-refractivity contribution in [3.8, 4) is 5.75 Å². The molecule has 106 valence electrons. The number of nitro benzene ring substituents is 1. The van der Waals surface area contributed by atoms with Gasteiger partial charge in [0.05, 0.1) is 11.5 Å². The Labute approximate surface area is 121 Å². The van der Waals surface area contributed by atoms with Gasteiger partial charge >= 0.3 is 5.69 Å². The van der Waals surface area contributed by atoms with Gasteiger partial charge in [0, 0.05) is 18.0 Å². The Morgan fingerprint density at radius 1 is 1.37 bits per heavy atom. The molecule has 0 atom stereocenters. The topological polar surface area (TPSA) is 61.6 Å². The standard InChI is InChI=1S/C13H18BrNO4/c1-10(2)9-18-5-6-19-13-4-3-11(8-14)7-12(13)15(16)17/h3-4,7,10H,5-6,8-9H2,1-2H3. The molecule has 1 aromatic rings. The number of hydrogen-bond acceptors (Lipinski definition) is 4. The van der Waals surface area contributed by atoms with Crippen molar-refractivity contribution in [3.05, 3.63) is 33.9 Å². The molecule has 0 radical (unpaired) electrons. The summed E-state index contributed by atoms with van der Waals surface area (Å²) in [5.74, 6) is 0.746. The van der Waals surface area contributed by atoms with Gasteiger partial charge in [-0.05, 0) is 17.5 Å². The number of nitro groups is 1. The Morgan fingerprint density at radius 2 is 2.11 bits per heavy atom. The monoisotopic (exact) mass is 331 g/mol. The fourth-order valence-electron chi connectivity index (χ4n) is 1.44. The summed E-state index contributed by atoms with van der Waals surface area (Å²) >= 11 is 3.27. The van der Waals surface area contributed by atoms with E-state index in [2.05, 4.69) is 29.8 Å². The lowest BCUT2D eigenvalue weighted by Gasteiger charge is -2.09. The second-order valence-corrected chi connectivity index (χ2v) is 5.07. The van der Waals surface area contributed by atoms with E-state index in [9.17, 15) is 10.1 Å². The van der Waals surface area contributed by atoms with Gasteiger partial charge in [0.25, 0.3) is 0 Å². The van der Waals surface area contributed by atoms with E-state index >= 15 is 0 Å². The van der Waals surface area contributed by atoms with Crippen LogP contribution in [0.4, 0.5) is 5.69 Å². The molecule has 0 spiro atoms. The summed E-state index contributed by atoms with van der Waals surface area (Å²) in [6.07, 6.45) is 0. The van der Waals surface area contributed by atoms with Gasteiger partial charge in [-0.2, -0.15) is 0 Å². The van der Waals surface area contributed by atoms with Crippen molar-refractivity contribution in [3.63, 3.8) is 0 Å². The molecule has 0 aliphatic heterocycles. The highest BCUT2D eigenvalue weighted by atomic mass is 79.9. The highest BCUT2D eigenvalue weighted by molar-refractivity contribution is 9.08. The van der Waals surface area contributed by atoms with Crippen LogP contribution in [0.2, 0.25) is 0 Å². The van der Waals surface area contributed by atoms with Crippen molar-refractivity contribution in [1.29, 1.82) is 0 Å². The number of benzene rings is 1. The van der Waals surface area contributed by atoms with E-state index in [1.807, 2.05) is 0 Å². The predicted molar refractivity (Wildman–Crippen MR) is 76.9 cm³/mol. The van der Waals surface area contributed by atoms with Crippen molar-refractivity contribution in [1.82, 2.24) is 0 Å². The normalized spacial score (nSPS) is 10.7. The fraction of sp³-hybridized carbons (Fsp3) is 0.538. The third-order valence-corrected chi connectivity index (χ3v) is 2.96. The fourth-order valence-corrected chi connectivity index (χ4v) is 1.79. The first kappa shape index (κ1) is 15.9. The average molecular weight is 332 g/mol. The molecule has 0 fully saturated rings. The number of halogens is 1. The van der Waals surface area contributed by atoms with E-state index in [1.54, 1.807) is 12.1 Å². The summed E-state index contributed by atoms with van der Waals surface area (Å²) in [6, 6.07) is 4.93. The van der Waals surface area contributed by atoms with Crippen LogP contribution in [0.25, 0.3) is 0 Å².